The molecule has 0 saturated carbocycles. The SMILES string of the molecule is CCCC/C=C/CCCCCCCCO[C@H](CO)[C@@H]1OC[C@H](O)[C@@H]1O. The van der Waals surface area contributed by atoms with Crippen LogP contribution in [0.3, 0.4) is 0 Å². The molecule has 0 aromatic carbocycles. The zero-order valence-corrected chi connectivity index (χ0v) is 15.8. The Labute approximate surface area is 153 Å². The molecule has 0 unspecified atom stereocenters. The van der Waals surface area contributed by atoms with Gasteiger partial charge in [0.15, 0.2) is 0 Å². The Kier molecular flexibility index (Phi) is 13.3. The molecule has 1 heterocycles. The largest absolute Gasteiger partial charge is 0.394 e. The second-order valence-corrected chi connectivity index (χ2v) is 6.97. The van der Waals surface area contributed by atoms with E-state index in [0.29, 0.717) is 6.61 Å². The van der Waals surface area contributed by atoms with E-state index < -0.39 is 24.4 Å². The summed E-state index contributed by atoms with van der Waals surface area (Å²) in [5.41, 5.74) is 0. The molecule has 1 rings (SSSR count). The molecule has 0 spiro atoms. The molecule has 0 aromatic heterocycles. The van der Waals surface area contributed by atoms with E-state index in [9.17, 15) is 15.3 Å². The van der Waals surface area contributed by atoms with Crippen LogP contribution in [0.25, 0.3) is 0 Å². The summed E-state index contributed by atoms with van der Waals surface area (Å²) in [5, 5.41) is 28.7. The highest BCUT2D eigenvalue weighted by Crippen LogP contribution is 2.20. The molecule has 1 aliphatic heterocycles. The number of hydrogen-bond donors (Lipinski definition) is 3. The summed E-state index contributed by atoms with van der Waals surface area (Å²) in [7, 11) is 0. The third-order valence-electron chi connectivity index (χ3n) is 4.72. The number of ether oxygens (including phenoxy) is 2. The van der Waals surface area contributed by atoms with E-state index in [4.69, 9.17) is 9.47 Å². The first-order valence-corrected chi connectivity index (χ1v) is 10.1. The average Bonchev–Trinajstić information content (AvgIpc) is 2.95. The maximum absolute atomic E-state index is 9.79. The summed E-state index contributed by atoms with van der Waals surface area (Å²) < 4.78 is 10.9. The van der Waals surface area contributed by atoms with Crippen molar-refractivity contribution >= 4 is 0 Å². The van der Waals surface area contributed by atoms with Gasteiger partial charge in [-0.15, -0.1) is 0 Å². The van der Waals surface area contributed by atoms with Crippen LogP contribution in [0, 0.1) is 0 Å². The molecular weight excluding hydrogens is 320 g/mol. The summed E-state index contributed by atoms with van der Waals surface area (Å²) >= 11 is 0. The van der Waals surface area contributed by atoms with Crippen LogP contribution >= 0.6 is 0 Å². The van der Waals surface area contributed by atoms with Crippen molar-refractivity contribution in [1.82, 2.24) is 0 Å². The molecule has 0 aliphatic carbocycles. The Morgan fingerprint density at radius 2 is 1.64 bits per heavy atom. The van der Waals surface area contributed by atoms with Crippen molar-refractivity contribution in [1.29, 1.82) is 0 Å². The van der Waals surface area contributed by atoms with Crippen LogP contribution in [0.2, 0.25) is 0 Å². The highest BCUT2D eigenvalue weighted by Gasteiger charge is 2.40. The minimum atomic E-state index is -0.979. The fraction of sp³-hybridized carbons (Fsp3) is 0.900. The molecule has 4 atom stereocenters. The second kappa shape index (κ2) is 14.7. The molecule has 1 saturated heterocycles. The number of aliphatic hydroxyl groups is 3. The van der Waals surface area contributed by atoms with Gasteiger partial charge in [-0.3, -0.25) is 0 Å². The number of aliphatic hydroxyl groups excluding tert-OH is 3. The Morgan fingerprint density at radius 1 is 1.00 bits per heavy atom. The van der Waals surface area contributed by atoms with E-state index >= 15 is 0 Å². The van der Waals surface area contributed by atoms with Gasteiger partial charge < -0.3 is 24.8 Å². The van der Waals surface area contributed by atoms with E-state index in [0.717, 1.165) is 12.8 Å². The normalized spacial score (nSPS) is 25.0. The molecular formula is C20H38O5. The molecule has 1 aliphatic rings. The van der Waals surface area contributed by atoms with Crippen molar-refractivity contribution in [2.24, 2.45) is 0 Å². The maximum Gasteiger partial charge on any atom is 0.114 e. The lowest BCUT2D eigenvalue weighted by Crippen LogP contribution is -2.42. The first-order chi connectivity index (χ1) is 12.2. The highest BCUT2D eigenvalue weighted by atomic mass is 16.6. The van der Waals surface area contributed by atoms with Crippen molar-refractivity contribution in [3.05, 3.63) is 12.2 Å². The Bertz CT molecular complexity index is 334. The Hall–Kier alpha value is -0.460. The monoisotopic (exact) mass is 358 g/mol. The Balaban J connectivity index is 1.93. The predicted octanol–water partition coefficient (Wildman–Crippen LogP) is 2.96. The van der Waals surface area contributed by atoms with E-state index in [1.165, 1.54) is 51.4 Å². The van der Waals surface area contributed by atoms with Crippen LogP contribution in [0.4, 0.5) is 0 Å². The van der Waals surface area contributed by atoms with Crippen molar-refractivity contribution in [3.63, 3.8) is 0 Å². The molecule has 148 valence electrons. The van der Waals surface area contributed by atoms with Crippen LogP contribution in [-0.4, -0.2) is 59.6 Å². The van der Waals surface area contributed by atoms with Gasteiger partial charge in [0.2, 0.25) is 0 Å². The van der Waals surface area contributed by atoms with Gasteiger partial charge in [0.1, 0.15) is 24.4 Å². The van der Waals surface area contributed by atoms with Gasteiger partial charge in [-0.1, -0.05) is 57.6 Å². The zero-order chi connectivity index (χ0) is 18.3. The van der Waals surface area contributed by atoms with E-state index in [2.05, 4.69) is 19.1 Å². The minimum Gasteiger partial charge on any atom is -0.394 e. The van der Waals surface area contributed by atoms with Gasteiger partial charge in [-0.05, 0) is 25.7 Å². The van der Waals surface area contributed by atoms with Crippen LogP contribution in [0.5, 0.6) is 0 Å². The van der Waals surface area contributed by atoms with E-state index in [1.54, 1.807) is 0 Å². The summed E-state index contributed by atoms with van der Waals surface area (Å²) in [4.78, 5) is 0. The molecule has 0 aromatic rings. The standard InChI is InChI=1S/C20H38O5/c1-2-3-4-5-6-7-8-9-10-11-12-13-14-24-18(15-21)20-19(23)17(22)16-25-20/h5-6,17-23H,2-4,7-16H2,1H3/b6-5+/t17-,18+,19-,20-/m0/s1. The zero-order valence-electron chi connectivity index (χ0n) is 15.8. The minimum absolute atomic E-state index is 0.0967. The number of allylic oxidation sites excluding steroid dienone is 2. The molecule has 5 nitrogen and oxygen atoms in total. The maximum atomic E-state index is 9.79. The first kappa shape index (κ1) is 22.6. The summed E-state index contributed by atoms with van der Waals surface area (Å²) in [6.07, 6.45) is 13.6. The molecule has 0 amide bonds. The topological polar surface area (TPSA) is 79.2 Å². The first-order valence-electron chi connectivity index (χ1n) is 10.1. The molecule has 5 heteroatoms. The van der Waals surface area contributed by atoms with E-state index in [-0.39, 0.29) is 13.2 Å². The van der Waals surface area contributed by atoms with Crippen molar-refractivity contribution in [3.8, 4) is 0 Å². The predicted molar refractivity (Wildman–Crippen MR) is 99.6 cm³/mol. The lowest BCUT2D eigenvalue weighted by molar-refractivity contribution is -0.101. The second-order valence-electron chi connectivity index (χ2n) is 6.97. The molecule has 0 bridgehead atoms. The Morgan fingerprint density at radius 3 is 2.24 bits per heavy atom. The third kappa shape index (κ3) is 9.71. The average molecular weight is 359 g/mol. The fourth-order valence-corrected chi connectivity index (χ4v) is 3.07. The van der Waals surface area contributed by atoms with Crippen molar-refractivity contribution in [2.75, 3.05) is 19.8 Å². The van der Waals surface area contributed by atoms with Crippen LogP contribution in [0.15, 0.2) is 12.2 Å². The highest BCUT2D eigenvalue weighted by molar-refractivity contribution is 4.88. The van der Waals surface area contributed by atoms with Gasteiger partial charge in [-0.25, -0.2) is 0 Å². The van der Waals surface area contributed by atoms with Crippen LogP contribution < -0.4 is 0 Å². The number of rotatable bonds is 15. The van der Waals surface area contributed by atoms with Crippen molar-refractivity contribution in [2.45, 2.75) is 95.5 Å². The fourth-order valence-electron chi connectivity index (χ4n) is 3.07. The molecule has 25 heavy (non-hydrogen) atoms. The lowest BCUT2D eigenvalue weighted by atomic mass is 10.1. The van der Waals surface area contributed by atoms with Crippen LogP contribution in [0.1, 0.15) is 71.1 Å². The molecule has 1 fully saturated rings. The third-order valence-corrected chi connectivity index (χ3v) is 4.72. The van der Waals surface area contributed by atoms with Gasteiger partial charge in [-0.2, -0.15) is 0 Å². The van der Waals surface area contributed by atoms with Crippen LogP contribution in [-0.2, 0) is 9.47 Å². The van der Waals surface area contributed by atoms with Gasteiger partial charge in [0.25, 0.3) is 0 Å². The molecule has 0 radical (unpaired) electrons. The van der Waals surface area contributed by atoms with Crippen molar-refractivity contribution < 1.29 is 24.8 Å². The van der Waals surface area contributed by atoms with Gasteiger partial charge in [0, 0.05) is 6.61 Å². The number of unbranched alkanes of at least 4 members (excludes halogenated alkanes) is 8. The quantitative estimate of drug-likeness (QED) is 0.310. The lowest BCUT2D eigenvalue weighted by Gasteiger charge is -2.24. The summed E-state index contributed by atoms with van der Waals surface area (Å²) in [6.45, 7) is 2.66. The molecule has 3 N–H and O–H groups in total. The van der Waals surface area contributed by atoms with E-state index in [1.807, 2.05) is 0 Å². The van der Waals surface area contributed by atoms with Gasteiger partial charge in [0.05, 0.1) is 13.2 Å². The number of hydrogen-bond acceptors (Lipinski definition) is 5. The smallest absolute Gasteiger partial charge is 0.114 e. The summed E-state index contributed by atoms with van der Waals surface area (Å²) in [5.74, 6) is 0. The van der Waals surface area contributed by atoms with Gasteiger partial charge >= 0.3 is 0 Å². The summed E-state index contributed by atoms with van der Waals surface area (Å²) in [6, 6.07) is 0.